The molecule has 0 amide bonds. The first kappa shape index (κ1) is 8.53. The van der Waals surface area contributed by atoms with Gasteiger partial charge in [-0.25, -0.2) is 18.7 Å². The van der Waals surface area contributed by atoms with Crippen molar-refractivity contribution in [2.75, 3.05) is 0 Å². The molecule has 69 valence electrons. The van der Waals surface area contributed by atoms with Gasteiger partial charge in [0.1, 0.15) is 11.5 Å². The van der Waals surface area contributed by atoms with Crippen LogP contribution < -0.4 is 0 Å². The van der Waals surface area contributed by atoms with Crippen molar-refractivity contribution in [2.45, 2.75) is 25.7 Å². The van der Waals surface area contributed by atoms with Crippen LogP contribution in [0.3, 0.4) is 0 Å². The van der Waals surface area contributed by atoms with Gasteiger partial charge in [-0.05, 0) is 24.8 Å². The van der Waals surface area contributed by atoms with Crippen LogP contribution in [0.5, 0.6) is 0 Å². The lowest BCUT2D eigenvalue weighted by atomic mass is 10.3. The van der Waals surface area contributed by atoms with E-state index in [-0.39, 0.29) is 5.69 Å². The van der Waals surface area contributed by atoms with Crippen LogP contribution in [-0.2, 0) is 6.42 Å². The van der Waals surface area contributed by atoms with Gasteiger partial charge in [0.05, 0.1) is 6.20 Å². The predicted octanol–water partition coefficient (Wildman–Crippen LogP) is 2.17. The fourth-order valence-corrected chi connectivity index (χ4v) is 1.16. The molecule has 0 spiro atoms. The van der Waals surface area contributed by atoms with Crippen LogP contribution in [0.4, 0.5) is 8.78 Å². The van der Waals surface area contributed by atoms with Crippen LogP contribution >= 0.6 is 0 Å². The first-order valence-corrected chi connectivity index (χ1v) is 4.28. The zero-order valence-electron chi connectivity index (χ0n) is 7.00. The van der Waals surface area contributed by atoms with E-state index in [1.807, 2.05) is 0 Å². The van der Waals surface area contributed by atoms with Crippen molar-refractivity contribution in [1.82, 2.24) is 9.97 Å². The number of aromatic nitrogens is 2. The number of halogens is 2. The van der Waals surface area contributed by atoms with E-state index in [2.05, 4.69) is 16.2 Å². The average Bonchev–Trinajstić information content (AvgIpc) is 2.89. The van der Waals surface area contributed by atoms with Gasteiger partial charge in [-0.15, -0.1) is 0 Å². The smallest absolute Gasteiger partial charge is 0.232 e. The Labute approximate surface area is 75.0 Å². The summed E-state index contributed by atoms with van der Waals surface area (Å²) in [4.78, 5) is 7.59. The zero-order chi connectivity index (χ0) is 9.26. The molecule has 4 heteroatoms. The van der Waals surface area contributed by atoms with Crippen molar-refractivity contribution in [2.24, 2.45) is 5.92 Å². The molecule has 1 aromatic rings. The Balaban J connectivity index is 2.11. The standard InChI is InChI=1S/C9H9F2N2/c10-9(11)7-3-4-12-8(13-7)5-6-1-2-6/h3,6,9H,1-2,5H2. The Morgan fingerprint density at radius 1 is 1.54 bits per heavy atom. The monoisotopic (exact) mass is 183 g/mol. The Bertz CT molecular complexity index is 297. The lowest BCUT2D eigenvalue weighted by molar-refractivity contribution is 0.145. The van der Waals surface area contributed by atoms with Gasteiger partial charge in [0.15, 0.2) is 0 Å². The van der Waals surface area contributed by atoms with Gasteiger partial charge >= 0.3 is 0 Å². The third kappa shape index (κ3) is 2.20. The minimum Gasteiger partial charge on any atom is -0.232 e. The maximum Gasteiger partial charge on any atom is 0.280 e. The first-order valence-electron chi connectivity index (χ1n) is 4.28. The summed E-state index contributed by atoms with van der Waals surface area (Å²) >= 11 is 0. The van der Waals surface area contributed by atoms with Crippen LogP contribution in [0.25, 0.3) is 0 Å². The Kier molecular flexibility index (Phi) is 2.20. The molecule has 0 atom stereocenters. The first-order chi connectivity index (χ1) is 6.25. The Hall–Kier alpha value is -1.06. The fourth-order valence-electron chi connectivity index (χ4n) is 1.16. The summed E-state index contributed by atoms with van der Waals surface area (Å²) in [6.45, 7) is 0. The molecule has 1 radical (unpaired) electrons. The third-order valence-electron chi connectivity index (χ3n) is 2.06. The van der Waals surface area contributed by atoms with Crippen molar-refractivity contribution in [3.63, 3.8) is 0 Å². The van der Waals surface area contributed by atoms with E-state index in [1.54, 1.807) is 0 Å². The van der Waals surface area contributed by atoms with Gasteiger partial charge in [0.25, 0.3) is 6.43 Å². The molecule has 2 rings (SSSR count). The lowest BCUT2D eigenvalue weighted by Crippen LogP contribution is -2.00. The van der Waals surface area contributed by atoms with E-state index in [4.69, 9.17) is 0 Å². The highest BCUT2D eigenvalue weighted by molar-refractivity contribution is 5.04. The molecule has 1 aromatic heterocycles. The largest absolute Gasteiger partial charge is 0.280 e. The summed E-state index contributed by atoms with van der Waals surface area (Å²) in [6, 6.07) is 1.14. The second kappa shape index (κ2) is 3.36. The molecule has 1 fully saturated rings. The van der Waals surface area contributed by atoms with E-state index in [1.165, 1.54) is 12.8 Å². The van der Waals surface area contributed by atoms with Gasteiger partial charge in [-0.3, -0.25) is 0 Å². The van der Waals surface area contributed by atoms with E-state index in [0.29, 0.717) is 11.7 Å². The number of hydrogen-bond donors (Lipinski definition) is 0. The molecule has 0 N–H and O–H groups in total. The van der Waals surface area contributed by atoms with E-state index >= 15 is 0 Å². The SMILES string of the molecule is FC(F)c1c[c]nc(CC2CC2)n1. The fraction of sp³-hybridized carbons (Fsp3) is 0.556. The highest BCUT2D eigenvalue weighted by atomic mass is 19.3. The molecule has 0 bridgehead atoms. The average molecular weight is 183 g/mol. The molecule has 13 heavy (non-hydrogen) atoms. The molecule has 0 unspecified atom stereocenters. The lowest BCUT2D eigenvalue weighted by Gasteiger charge is -2.00. The molecule has 1 aliphatic rings. The summed E-state index contributed by atoms with van der Waals surface area (Å²) in [7, 11) is 0. The Morgan fingerprint density at radius 3 is 2.92 bits per heavy atom. The van der Waals surface area contributed by atoms with Crippen LogP contribution in [0.2, 0.25) is 0 Å². The summed E-state index contributed by atoms with van der Waals surface area (Å²) in [5.74, 6) is 1.11. The van der Waals surface area contributed by atoms with Crippen LogP contribution in [0, 0.1) is 12.1 Å². The normalized spacial score (nSPS) is 16.5. The van der Waals surface area contributed by atoms with Crippen molar-refractivity contribution >= 4 is 0 Å². The summed E-state index contributed by atoms with van der Waals surface area (Å²) in [6.07, 6.45) is 2.99. The maximum absolute atomic E-state index is 12.2. The summed E-state index contributed by atoms with van der Waals surface area (Å²) < 4.78 is 24.4. The van der Waals surface area contributed by atoms with Crippen molar-refractivity contribution in [3.8, 4) is 0 Å². The molecule has 0 aliphatic heterocycles. The Morgan fingerprint density at radius 2 is 2.31 bits per heavy atom. The van der Waals surface area contributed by atoms with Crippen molar-refractivity contribution < 1.29 is 8.78 Å². The van der Waals surface area contributed by atoms with Gasteiger partial charge in [-0.1, -0.05) is 0 Å². The van der Waals surface area contributed by atoms with Crippen LogP contribution in [0.15, 0.2) is 6.07 Å². The molecular formula is C9H9F2N2. The number of nitrogens with zero attached hydrogens (tertiary/aromatic N) is 2. The van der Waals surface area contributed by atoms with Gasteiger partial charge in [0.2, 0.25) is 0 Å². The second-order valence-electron chi connectivity index (χ2n) is 3.29. The van der Waals surface area contributed by atoms with E-state index in [0.717, 1.165) is 12.5 Å². The van der Waals surface area contributed by atoms with Gasteiger partial charge in [0, 0.05) is 6.42 Å². The minimum absolute atomic E-state index is 0.217. The maximum atomic E-state index is 12.2. The molecule has 1 saturated carbocycles. The molecule has 1 heterocycles. The molecule has 1 aliphatic carbocycles. The van der Waals surface area contributed by atoms with Crippen LogP contribution in [-0.4, -0.2) is 9.97 Å². The van der Waals surface area contributed by atoms with E-state index in [9.17, 15) is 8.78 Å². The zero-order valence-corrected chi connectivity index (χ0v) is 7.00. The van der Waals surface area contributed by atoms with E-state index < -0.39 is 6.43 Å². The summed E-state index contributed by atoms with van der Waals surface area (Å²) in [5.41, 5.74) is -0.217. The predicted molar refractivity (Wildman–Crippen MR) is 42.3 cm³/mol. The molecule has 0 saturated heterocycles. The summed E-state index contributed by atoms with van der Waals surface area (Å²) in [5, 5.41) is 0. The van der Waals surface area contributed by atoms with Gasteiger partial charge < -0.3 is 0 Å². The van der Waals surface area contributed by atoms with Crippen LogP contribution in [0.1, 0.15) is 30.8 Å². The topological polar surface area (TPSA) is 25.8 Å². The number of hydrogen-bond acceptors (Lipinski definition) is 2. The molecule has 2 nitrogen and oxygen atoms in total. The van der Waals surface area contributed by atoms with Crippen molar-refractivity contribution in [1.29, 1.82) is 0 Å². The van der Waals surface area contributed by atoms with Gasteiger partial charge in [-0.2, -0.15) is 0 Å². The molecular weight excluding hydrogens is 174 g/mol. The third-order valence-corrected chi connectivity index (χ3v) is 2.06. The highest BCUT2D eigenvalue weighted by Gasteiger charge is 2.23. The minimum atomic E-state index is -2.52. The molecule has 0 aromatic carbocycles. The number of rotatable bonds is 3. The second-order valence-corrected chi connectivity index (χ2v) is 3.29. The van der Waals surface area contributed by atoms with Crippen molar-refractivity contribution in [3.05, 3.63) is 23.8 Å². The number of alkyl halides is 2. The quantitative estimate of drug-likeness (QED) is 0.717. The highest BCUT2D eigenvalue weighted by Crippen LogP contribution is 2.31.